The summed E-state index contributed by atoms with van der Waals surface area (Å²) in [4.78, 5) is 0. The van der Waals surface area contributed by atoms with Crippen molar-refractivity contribution in [2.45, 2.75) is 19.3 Å². The number of benzene rings is 1. The van der Waals surface area contributed by atoms with Gasteiger partial charge in [-0.1, -0.05) is 0 Å². The molecule has 0 saturated carbocycles. The first-order chi connectivity index (χ1) is 8.29. The van der Waals surface area contributed by atoms with Crippen molar-refractivity contribution in [1.82, 2.24) is 10.2 Å². The van der Waals surface area contributed by atoms with Gasteiger partial charge in [-0.2, -0.15) is 5.10 Å². The molecule has 4 heteroatoms. The zero-order valence-corrected chi connectivity index (χ0v) is 9.49. The van der Waals surface area contributed by atoms with Crippen LogP contribution in [0.4, 0.5) is 4.39 Å². The number of aryl methyl sites for hydroxylation is 1. The number of hydrogen-bond acceptors (Lipinski definition) is 2. The van der Waals surface area contributed by atoms with Crippen LogP contribution in [-0.2, 0) is 6.42 Å². The number of aliphatic hydroxyl groups is 1. The van der Waals surface area contributed by atoms with Gasteiger partial charge < -0.3 is 5.11 Å². The third-order valence-electron chi connectivity index (χ3n) is 2.63. The Morgan fingerprint density at radius 2 is 1.94 bits per heavy atom. The minimum absolute atomic E-state index is 0.221. The summed E-state index contributed by atoms with van der Waals surface area (Å²) >= 11 is 0. The van der Waals surface area contributed by atoms with Gasteiger partial charge in [0.15, 0.2) is 0 Å². The van der Waals surface area contributed by atoms with E-state index in [1.165, 1.54) is 12.1 Å². The lowest BCUT2D eigenvalue weighted by Crippen LogP contribution is -1.88. The van der Waals surface area contributed by atoms with E-state index in [4.69, 9.17) is 5.11 Å². The van der Waals surface area contributed by atoms with Crippen molar-refractivity contribution in [1.29, 1.82) is 0 Å². The maximum atomic E-state index is 12.8. The van der Waals surface area contributed by atoms with Crippen molar-refractivity contribution in [2.75, 3.05) is 6.61 Å². The van der Waals surface area contributed by atoms with Gasteiger partial charge in [-0.15, -0.1) is 0 Å². The first-order valence-corrected chi connectivity index (χ1v) is 5.70. The number of aliphatic hydroxyl groups excluding tert-OH is 1. The maximum Gasteiger partial charge on any atom is 0.123 e. The number of aromatic amines is 1. The molecule has 1 heterocycles. The second kappa shape index (κ2) is 5.59. The molecule has 2 aromatic rings. The number of hydrogen-bond donors (Lipinski definition) is 2. The minimum Gasteiger partial charge on any atom is -0.396 e. The topological polar surface area (TPSA) is 48.9 Å². The average molecular weight is 234 g/mol. The van der Waals surface area contributed by atoms with Gasteiger partial charge in [-0.25, -0.2) is 4.39 Å². The number of halogens is 1. The molecule has 0 bridgehead atoms. The Hall–Kier alpha value is -1.68. The molecule has 3 nitrogen and oxygen atoms in total. The quantitative estimate of drug-likeness (QED) is 0.781. The van der Waals surface area contributed by atoms with Gasteiger partial charge in [0.2, 0.25) is 0 Å². The molecule has 0 aliphatic rings. The summed E-state index contributed by atoms with van der Waals surface area (Å²) in [5, 5.41) is 15.8. The predicted octanol–water partition coefficient (Wildman–Crippen LogP) is 2.53. The van der Waals surface area contributed by atoms with Gasteiger partial charge in [0.1, 0.15) is 5.82 Å². The number of H-pyrrole nitrogens is 1. The van der Waals surface area contributed by atoms with Crippen LogP contribution in [0.5, 0.6) is 0 Å². The number of rotatable bonds is 5. The zero-order chi connectivity index (χ0) is 12.1. The van der Waals surface area contributed by atoms with E-state index in [1.54, 1.807) is 12.1 Å². The van der Waals surface area contributed by atoms with Crippen molar-refractivity contribution >= 4 is 0 Å². The van der Waals surface area contributed by atoms with Crippen LogP contribution in [0.3, 0.4) is 0 Å². The standard InChI is InChI=1S/C13H15FN2O/c14-11-6-4-10(5-7-11)13-9-12(15-16-13)3-1-2-8-17/h4-7,9,17H,1-3,8H2,(H,15,16). The number of nitrogens with zero attached hydrogens (tertiary/aromatic N) is 1. The van der Waals surface area contributed by atoms with Gasteiger partial charge in [0.05, 0.1) is 5.69 Å². The highest BCUT2D eigenvalue weighted by Gasteiger charge is 2.03. The fourth-order valence-corrected chi connectivity index (χ4v) is 1.69. The fourth-order valence-electron chi connectivity index (χ4n) is 1.69. The summed E-state index contributed by atoms with van der Waals surface area (Å²) in [6.07, 6.45) is 2.60. The second-order valence-corrected chi connectivity index (χ2v) is 3.97. The molecule has 0 radical (unpaired) electrons. The van der Waals surface area contributed by atoms with Crippen LogP contribution in [0.1, 0.15) is 18.5 Å². The number of aromatic nitrogens is 2. The van der Waals surface area contributed by atoms with Crippen LogP contribution < -0.4 is 0 Å². The molecular weight excluding hydrogens is 219 g/mol. The van der Waals surface area contributed by atoms with Crippen molar-refractivity contribution in [2.24, 2.45) is 0 Å². The Morgan fingerprint density at radius 1 is 1.18 bits per heavy atom. The normalized spacial score (nSPS) is 10.7. The molecule has 0 spiro atoms. The summed E-state index contributed by atoms with van der Waals surface area (Å²) in [6.45, 7) is 0.221. The molecule has 1 aromatic carbocycles. The molecule has 0 amide bonds. The van der Waals surface area contributed by atoms with E-state index in [2.05, 4.69) is 10.2 Å². The molecule has 0 fully saturated rings. The lowest BCUT2D eigenvalue weighted by Gasteiger charge is -1.95. The summed E-state index contributed by atoms with van der Waals surface area (Å²) < 4.78 is 12.8. The van der Waals surface area contributed by atoms with E-state index in [9.17, 15) is 4.39 Å². The minimum atomic E-state index is -0.243. The van der Waals surface area contributed by atoms with Crippen LogP contribution in [0, 0.1) is 5.82 Å². The van der Waals surface area contributed by atoms with Crippen molar-refractivity contribution in [3.63, 3.8) is 0 Å². The predicted molar refractivity (Wildman–Crippen MR) is 64.0 cm³/mol. The highest BCUT2D eigenvalue weighted by molar-refractivity contribution is 5.58. The molecule has 1 aromatic heterocycles. The molecule has 0 saturated heterocycles. The molecule has 0 aliphatic heterocycles. The Morgan fingerprint density at radius 3 is 2.65 bits per heavy atom. The van der Waals surface area contributed by atoms with E-state index in [0.29, 0.717) is 0 Å². The van der Waals surface area contributed by atoms with E-state index < -0.39 is 0 Å². The van der Waals surface area contributed by atoms with E-state index in [1.807, 2.05) is 6.07 Å². The smallest absolute Gasteiger partial charge is 0.123 e. The third-order valence-corrected chi connectivity index (χ3v) is 2.63. The molecule has 2 rings (SSSR count). The first kappa shape index (κ1) is 11.8. The lowest BCUT2D eigenvalue weighted by molar-refractivity contribution is 0.284. The Kier molecular flexibility index (Phi) is 3.88. The average Bonchev–Trinajstić information content (AvgIpc) is 2.79. The molecule has 0 aliphatic carbocycles. The molecule has 90 valence electrons. The summed E-state index contributed by atoms with van der Waals surface area (Å²) in [5.74, 6) is -0.243. The van der Waals surface area contributed by atoms with Crippen LogP contribution in [0.15, 0.2) is 30.3 Å². The van der Waals surface area contributed by atoms with Crippen LogP contribution >= 0.6 is 0 Å². The molecule has 2 N–H and O–H groups in total. The summed E-state index contributed by atoms with van der Waals surface area (Å²) in [7, 11) is 0. The van der Waals surface area contributed by atoms with E-state index >= 15 is 0 Å². The lowest BCUT2D eigenvalue weighted by atomic mass is 10.1. The van der Waals surface area contributed by atoms with Crippen LogP contribution in [-0.4, -0.2) is 21.9 Å². The zero-order valence-electron chi connectivity index (χ0n) is 9.49. The van der Waals surface area contributed by atoms with E-state index in [0.717, 1.165) is 36.2 Å². The molecule has 0 atom stereocenters. The van der Waals surface area contributed by atoms with Crippen molar-refractivity contribution in [3.8, 4) is 11.3 Å². The molecular formula is C13H15FN2O. The highest BCUT2D eigenvalue weighted by Crippen LogP contribution is 2.18. The van der Waals surface area contributed by atoms with Crippen LogP contribution in [0.25, 0.3) is 11.3 Å². The van der Waals surface area contributed by atoms with Crippen molar-refractivity contribution < 1.29 is 9.50 Å². The maximum absolute atomic E-state index is 12.8. The largest absolute Gasteiger partial charge is 0.396 e. The van der Waals surface area contributed by atoms with Gasteiger partial charge in [-0.05, 0) is 49.6 Å². The Balaban J connectivity index is 2.04. The number of nitrogens with one attached hydrogen (secondary N) is 1. The Labute approximate surface area is 99.3 Å². The second-order valence-electron chi connectivity index (χ2n) is 3.97. The first-order valence-electron chi connectivity index (χ1n) is 5.70. The monoisotopic (exact) mass is 234 g/mol. The van der Waals surface area contributed by atoms with Gasteiger partial charge >= 0.3 is 0 Å². The fraction of sp³-hybridized carbons (Fsp3) is 0.308. The van der Waals surface area contributed by atoms with Gasteiger partial charge in [0.25, 0.3) is 0 Å². The SMILES string of the molecule is OCCCCc1cc(-c2ccc(F)cc2)n[nH]1. The summed E-state index contributed by atoms with van der Waals surface area (Å²) in [5.41, 5.74) is 2.76. The van der Waals surface area contributed by atoms with Gasteiger partial charge in [0, 0.05) is 17.9 Å². The van der Waals surface area contributed by atoms with Crippen molar-refractivity contribution in [3.05, 3.63) is 41.8 Å². The summed E-state index contributed by atoms with van der Waals surface area (Å²) in [6, 6.07) is 8.24. The van der Waals surface area contributed by atoms with Crippen LogP contribution in [0.2, 0.25) is 0 Å². The number of unbranched alkanes of at least 4 members (excludes halogenated alkanes) is 1. The van der Waals surface area contributed by atoms with Gasteiger partial charge in [-0.3, -0.25) is 5.10 Å². The Bertz CT molecular complexity index is 465. The molecule has 17 heavy (non-hydrogen) atoms. The highest BCUT2D eigenvalue weighted by atomic mass is 19.1. The third kappa shape index (κ3) is 3.14. The molecule has 0 unspecified atom stereocenters. The van der Waals surface area contributed by atoms with E-state index in [-0.39, 0.29) is 12.4 Å².